The summed E-state index contributed by atoms with van der Waals surface area (Å²) in [6.07, 6.45) is 4.93. The summed E-state index contributed by atoms with van der Waals surface area (Å²) in [4.78, 5) is 4.45. The van der Waals surface area contributed by atoms with Crippen LogP contribution in [0.4, 0.5) is 0 Å². The standard InChI is InChI=1S/C14H18N2/c1-2-5-12(15)10-14-13-7-4-3-6-11(13)8-9-16-14/h3-4,6-9,12H,2,5,10,15H2,1H3. The first-order chi connectivity index (χ1) is 7.81. The van der Waals surface area contributed by atoms with E-state index < -0.39 is 0 Å². The predicted octanol–water partition coefficient (Wildman–Crippen LogP) is 2.90. The number of nitrogens with two attached hydrogens (primary N) is 1. The van der Waals surface area contributed by atoms with Gasteiger partial charge in [-0.05, 0) is 17.9 Å². The van der Waals surface area contributed by atoms with Crippen molar-refractivity contribution in [1.29, 1.82) is 0 Å². The molecule has 2 nitrogen and oxygen atoms in total. The maximum absolute atomic E-state index is 6.07. The molecular weight excluding hydrogens is 196 g/mol. The summed E-state index contributed by atoms with van der Waals surface area (Å²) < 4.78 is 0. The molecule has 84 valence electrons. The molecule has 0 saturated carbocycles. The van der Waals surface area contributed by atoms with Crippen molar-refractivity contribution in [3.8, 4) is 0 Å². The number of benzene rings is 1. The quantitative estimate of drug-likeness (QED) is 0.850. The third kappa shape index (κ3) is 2.39. The predicted molar refractivity (Wildman–Crippen MR) is 68.3 cm³/mol. The lowest BCUT2D eigenvalue weighted by atomic mass is 10.0. The van der Waals surface area contributed by atoms with Gasteiger partial charge in [-0.25, -0.2) is 0 Å². The Kier molecular flexibility index (Phi) is 3.52. The molecule has 0 aliphatic heterocycles. The number of pyridine rings is 1. The third-order valence-electron chi connectivity index (χ3n) is 2.87. The molecular formula is C14H18N2. The Balaban J connectivity index is 2.30. The SMILES string of the molecule is CCCC(N)Cc1nccc2ccccc12. The number of rotatable bonds is 4. The Labute approximate surface area is 96.5 Å². The van der Waals surface area contributed by atoms with Crippen LogP contribution in [0.1, 0.15) is 25.5 Å². The van der Waals surface area contributed by atoms with E-state index in [2.05, 4.69) is 36.2 Å². The van der Waals surface area contributed by atoms with Crippen molar-refractivity contribution < 1.29 is 0 Å². The van der Waals surface area contributed by atoms with Crippen LogP contribution in [-0.4, -0.2) is 11.0 Å². The molecule has 1 atom stereocenters. The number of aromatic nitrogens is 1. The van der Waals surface area contributed by atoms with E-state index in [0.29, 0.717) is 0 Å². The van der Waals surface area contributed by atoms with Crippen LogP contribution in [0.25, 0.3) is 10.8 Å². The van der Waals surface area contributed by atoms with Gasteiger partial charge in [0.15, 0.2) is 0 Å². The summed E-state index contributed by atoms with van der Waals surface area (Å²) in [6, 6.07) is 10.6. The van der Waals surface area contributed by atoms with E-state index in [9.17, 15) is 0 Å². The molecule has 2 N–H and O–H groups in total. The van der Waals surface area contributed by atoms with Gasteiger partial charge in [0.1, 0.15) is 0 Å². The summed E-state index contributed by atoms with van der Waals surface area (Å²) in [5, 5.41) is 2.48. The molecule has 1 unspecified atom stereocenters. The Morgan fingerprint density at radius 2 is 2.06 bits per heavy atom. The Bertz CT molecular complexity index is 460. The van der Waals surface area contributed by atoms with Crippen molar-refractivity contribution in [3.63, 3.8) is 0 Å². The van der Waals surface area contributed by atoms with Crippen molar-refractivity contribution in [2.45, 2.75) is 32.2 Å². The molecule has 1 aromatic heterocycles. The second-order valence-electron chi connectivity index (χ2n) is 4.23. The zero-order valence-corrected chi connectivity index (χ0v) is 9.69. The number of hydrogen-bond donors (Lipinski definition) is 1. The fraction of sp³-hybridized carbons (Fsp3) is 0.357. The van der Waals surface area contributed by atoms with E-state index in [-0.39, 0.29) is 6.04 Å². The normalized spacial score (nSPS) is 12.9. The maximum atomic E-state index is 6.07. The lowest BCUT2D eigenvalue weighted by molar-refractivity contribution is 0.596. The maximum Gasteiger partial charge on any atom is 0.0497 e. The molecule has 0 bridgehead atoms. The molecule has 0 aliphatic rings. The van der Waals surface area contributed by atoms with Crippen molar-refractivity contribution in [2.24, 2.45) is 5.73 Å². The molecule has 2 aromatic rings. The summed E-state index contributed by atoms with van der Waals surface area (Å²) in [5.41, 5.74) is 7.19. The summed E-state index contributed by atoms with van der Waals surface area (Å²) >= 11 is 0. The molecule has 0 radical (unpaired) electrons. The van der Waals surface area contributed by atoms with Crippen LogP contribution in [0.2, 0.25) is 0 Å². The smallest absolute Gasteiger partial charge is 0.0497 e. The lowest BCUT2D eigenvalue weighted by Crippen LogP contribution is -2.22. The highest BCUT2D eigenvalue weighted by Gasteiger charge is 2.07. The molecule has 16 heavy (non-hydrogen) atoms. The first-order valence-electron chi connectivity index (χ1n) is 5.89. The summed E-state index contributed by atoms with van der Waals surface area (Å²) in [6.45, 7) is 2.16. The third-order valence-corrected chi connectivity index (χ3v) is 2.87. The zero-order valence-electron chi connectivity index (χ0n) is 9.69. The molecule has 0 aliphatic carbocycles. The highest BCUT2D eigenvalue weighted by molar-refractivity contribution is 5.84. The van der Waals surface area contributed by atoms with Crippen LogP contribution in [0.3, 0.4) is 0 Å². The topological polar surface area (TPSA) is 38.9 Å². The van der Waals surface area contributed by atoms with Crippen molar-refractivity contribution in [1.82, 2.24) is 4.98 Å². The van der Waals surface area contributed by atoms with Crippen LogP contribution in [0.5, 0.6) is 0 Å². The Hall–Kier alpha value is -1.41. The van der Waals surface area contributed by atoms with E-state index in [1.807, 2.05) is 12.3 Å². The average Bonchev–Trinajstić information content (AvgIpc) is 2.30. The lowest BCUT2D eigenvalue weighted by Gasteiger charge is -2.11. The van der Waals surface area contributed by atoms with Crippen LogP contribution in [0, 0.1) is 0 Å². The average molecular weight is 214 g/mol. The van der Waals surface area contributed by atoms with Gasteiger partial charge in [-0.1, -0.05) is 37.6 Å². The Morgan fingerprint density at radius 1 is 1.25 bits per heavy atom. The van der Waals surface area contributed by atoms with Gasteiger partial charge < -0.3 is 5.73 Å². The molecule has 1 heterocycles. The van der Waals surface area contributed by atoms with Gasteiger partial charge >= 0.3 is 0 Å². The zero-order chi connectivity index (χ0) is 11.4. The van der Waals surface area contributed by atoms with Crippen LogP contribution in [-0.2, 0) is 6.42 Å². The first kappa shape index (κ1) is 11.1. The molecule has 2 rings (SSSR count). The second kappa shape index (κ2) is 5.08. The largest absolute Gasteiger partial charge is 0.327 e. The fourth-order valence-corrected chi connectivity index (χ4v) is 2.07. The van der Waals surface area contributed by atoms with Crippen LogP contribution < -0.4 is 5.73 Å². The van der Waals surface area contributed by atoms with E-state index in [1.165, 1.54) is 10.8 Å². The second-order valence-corrected chi connectivity index (χ2v) is 4.23. The van der Waals surface area contributed by atoms with E-state index in [4.69, 9.17) is 5.73 Å². The minimum absolute atomic E-state index is 0.225. The Morgan fingerprint density at radius 3 is 2.88 bits per heavy atom. The van der Waals surface area contributed by atoms with Gasteiger partial charge in [-0.2, -0.15) is 0 Å². The number of nitrogens with zero attached hydrogens (tertiary/aromatic N) is 1. The molecule has 1 aromatic carbocycles. The monoisotopic (exact) mass is 214 g/mol. The molecule has 2 heteroatoms. The van der Waals surface area contributed by atoms with Gasteiger partial charge in [-0.3, -0.25) is 4.98 Å². The van der Waals surface area contributed by atoms with Gasteiger partial charge in [0, 0.05) is 29.7 Å². The minimum atomic E-state index is 0.225. The van der Waals surface area contributed by atoms with Gasteiger partial charge in [-0.15, -0.1) is 0 Å². The fourth-order valence-electron chi connectivity index (χ4n) is 2.07. The molecule has 0 saturated heterocycles. The molecule has 0 fully saturated rings. The minimum Gasteiger partial charge on any atom is -0.327 e. The number of hydrogen-bond acceptors (Lipinski definition) is 2. The van der Waals surface area contributed by atoms with Gasteiger partial charge in [0.05, 0.1) is 0 Å². The van der Waals surface area contributed by atoms with Crippen LogP contribution in [0.15, 0.2) is 36.5 Å². The van der Waals surface area contributed by atoms with Crippen molar-refractivity contribution in [3.05, 3.63) is 42.2 Å². The van der Waals surface area contributed by atoms with Crippen molar-refractivity contribution in [2.75, 3.05) is 0 Å². The van der Waals surface area contributed by atoms with Crippen molar-refractivity contribution >= 4 is 10.8 Å². The first-order valence-corrected chi connectivity index (χ1v) is 5.89. The summed E-state index contributed by atoms with van der Waals surface area (Å²) in [7, 11) is 0. The summed E-state index contributed by atoms with van der Waals surface area (Å²) in [5.74, 6) is 0. The van der Waals surface area contributed by atoms with Gasteiger partial charge in [0.2, 0.25) is 0 Å². The van der Waals surface area contributed by atoms with E-state index in [1.54, 1.807) is 0 Å². The van der Waals surface area contributed by atoms with Gasteiger partial charge in [0.25, 0.3) is 0 Å². The number of fused-ring (bicyclic) bond motifs is 1. The molecule has 0 amide bonds. The van der Waals surface area contributed by atoms with E-state index in [0.717, 1.165) is 25.0 Å². The highest BCUT2D eigenvalue weighted by atomic mass is 14.7. The highest BCUT2D eigenvalue weighted by Crippen LogP contribution is 2.17. The van der Waals surface area contributed by atoms with E-state index >= 15 is 0 Å². The van der Waals surface area contributed by atoms with Crippen LogP contribution >= 0.6 is 0 Å². The molecule has 0 spiro atoms.